The van der Waals surface area contributed by atoms with Crippen molar-refractivity contribution >= 4 is 6.03 Å². The van der Waals surface area contributed by atoms with E-state index in [0.717, 1.165) is 32.5 Å². The highest BCUT2D eigenvalue weighted by molar-refractivity contribution is 5.74. The molecule has 0 aliphatic carbocycles. The van der Waals surface area contributed by atoms with Crippen LogP contribution in [0.25, 0.3) is 0 Å². The Morgan fingerprint density at radius 2 is 2.06 bits per heavy atom. The summed E-state index contributed by atoms with van der Waals surface area (Å²) in [4.78, 5) is 16.1. The molecule has 2 rings (SSSR count). The van der Waals surface area contributed by atoms with Gasteiger partial charge in [-0.25, -0.2) is 4.79 Å². The number of hydrogen-bond acceptors (Lipinski definition) is 3. The summed E-state index contributed by atoms with van der Waals surface area (Å²) < 4.78 is 10.9. The van der Waals surface area contributed by atoms with E-state index in [2.05, 4.69) is 0 Å². The van der Waals surface area contributed by atoms with Crippen LogP contribution in [0.2, 0.25) is 0 Å². The first-order valence-corrected chi connectivity index (χ1v) is 6.54. The van der Waals surface area contributed by atoms with E-state index >= 15 is 0 Å². The van der Waals surface area contributed by atoms with Gasteiger partial charge in [0.1, 0.15) is 0 Å². The molecule has 0 saturated carbocycles. The van der Waals surface area contributed by atoms with Gasteiger partial charge in [-0.05, 0) is 19.8 Å². The normalized spacial score (nSPS) is 26.1. The average molecular weight is 242 g/mol. The van der Waals surface area contributed by atoms with E-state index in [1.165, 1.54) is 0 Å². The maximum Gasteiger partial charge on any atom is 0.320 e. The molecule has 0 spiro atoms. The Balaban J connectivity index is 1.85. The van der Waals surface area contributed by atoms with Crippen molar-refractivity contribution in [3.63, 3.8) is 0 Å². The first kappa shape index (κ1) is 12.6. The zero-order valence-electron chi connectivity index (χ0n) is 10.6. The van der Waals surface area contributed by atoms with Crippen LogP contribution in [0.15, 0.2) is 0 Å². The molecular weight excluding hydrogens is 220 g/mol. The van der Waals surface area contributed by atoms with Crippen molar-refractivity contribution < 1.29 is 14.3 Å². The van der Waals surface area contributed by atoms with Gasteiger partial charge in [0, 0.05) is 32.8 Å². The standard InChI is InChI=1S/C12H22N2O3/c1-2-17-11-4-3-5-14(10-11)12(15)13-6-8-16-9-7-13/h11H,2-10H2,1H3. The molecule has 2 saturated heterocycles. The lowest BCUT2D eigenvalue weighted by Crippen LogP contribution is -2.52. The summed E-state index contributed by atoms with van der Waals surface area (Å²) in [6.07, 6.45) is 2.33. The van der Waals surface area contributed by atoms with Crippen LogP contribution in [0, 0.1) is 0 Å². The van der Waals surface area contributed by atoms with E-state index in [9.17, 15) is 4.79 Å². The van der Waals surface area contributed by atoms with E-state index in [1.54, 1.807) is 0 Å². The lowest BCUT2D eigenvalue weighted by Gasteiger charge is -2.37. The molecule has 0 bridgehead atoms. The monoisotopic (exact) mass is 242 g/mol. The van der Waals surface area contributed by atoms with Crippen molar-refractivity contribution in [3.05, 3.63) is 0 Å². The molecule has 0 N–H and O–H groups in total. The number of carbonyl (C=O) groups is 1. The van der Waals surface area contributed by atoms with Gasteiger partial charge in [0.05, 0.1) is 19.3 Å². The van der Waals surface area contributed by atoms with Gasteiger partial charge < -0.3 is 19.3 Å². The number of piperidine rings is 1. The van der Waals surface area contributed by atoms with E-state index in [-0.39, 0.29) is 12.1 Å². The molecule has 2 amide bonds. The van der Waals surface area contributed by atoms with Crippen molar-refractivity contribution in [1.29, 1.82) is 0 Å². The van der Waals surface area contributed by atoms with Crippen molar-refractivity contribution in [1.82, 2.24) is 9.80 Å². The molecule has 98 valence electrons. The summed E-state index contributed by atoms with van der Waals surface area (Å²) in [7, 11) is 0. The molecule has 1 unspecified atom stereocenters. The maximum absolute atomic E-state index is 12.2. The summed E-state index contributed by atoms with van der Waals surface area (Å²) in [5.74, 6) is 0. The Bertz CT molecular complexity index is 252. The van der Waals surface area contributed by atoms with Crippen LogP contribution in [-0.2, 0) is 9.47 Å². The second-order valence-electron chi connectivity index (χ2n) is 4.55. The zero-order chi connectivity index (χ0) is 12.1. The smallest absolute Gasteiger partial charge is 0.320 e. The molecule has 0 aromatic heterocycles. The van der Waals surface area contributed by atoms with E-state index in [4.69, 9.17) is 9.47 Å². The van der Waals surface area contributed by atoms with Crippen molar-refractivity contribution in [2.75, 3.05) is 46.0 Å². The van der Waals surface area contributed by atoms with Gasteiger partial charge in [0.15, 0.2) is 0 Å². The second-order valence-corrected chi connectivity index (χ2v) is 4.55. The molecular formula is C12H22N2O3. The Labute approximate surface area is 103 Å². The number of amides is 2. The molecule has 17 heavy (non-hydrogen) atoms. The van der Waals surface area contributed by atoms with Crippen LogP contribution >= 0.6 is 0 Å². The number of rotatable bonds is 2. The van der Waals surface area contributed by atoms with Crippen molar-refractivity contribution in [2.24, 2.45) is 0 Å². The number of ether oxygens (including phenoxy) is 2. The molecule has 5 nitrogen and oxygen atoms in total. The highest BCUT2D eigenvalue weighted by Gasteiger charge is 2.27. The number of carbonyl (C=O) groups excluding carboxylic acids is 1. The highest BCUT2D eigenvalue weighted by Crippen LogP contribution is 2.15. The fraction of sp³-hybridized carbons (Fsp3) is 0.917. The van der Waals surface area contributed by atoms with Gasteiger partial charge in [-0.15, -0.1) is 0 Å². The van der Waals surface area contributed by atoms with Gasteiger partial charge in [-0.2, -0.15) is 0 Å². The first-order chi connectivity index (χ1) is 8.31. The fourth-order valence-corrected chi connectivity index (χ4v) is 2.44. The summed E-state index contributed by atoms with van der Waals surface area (Å²) in [5.41, 5.74) is 0. The number of nitrogens with zero attached hydrogens (tertiary/aromatic N) is 2. The van der Waals surface area contributed by atoms with Crippen LogP contribution in [0.4, 0.5) is 4.79 Å². The highest BCUT2D eigenvalue weighted by atomic mass is 16.5. The van der Waals surface area contributed by atoms with Crippen LogP contribution in [0.3, 0.4) is 0 Å². The lowest BCUT2D eigenvalue weighted by atomic mass is 10.1. The van der Waals surface area contributed by atoms with Crippen LogP contribution < -0.4 is 0 Å². The van der Waals surface area contributed by atoms with Gasteiger partial charge in [0.2, 0.25) is 0 Å². The topological polar surface area (TPSA) is 42.0 Å². The summed E-state index contributed by atoms with van der Waals surface area (Å²) in [6, 6.07) is 0.151. The summed E-state index contributed by atoms with van der Waals surface area (Å²) in [5, 5.41) is 0. The fourth-order valence-electron chi connectivity index (χ4n) is 2.44. The van der Waals surface area contributed by atoms with Crippen LogP contribution in [0.1, 0.15) is 19.8 Å². The third kappa shape index (κ3) is 3.33. The van der Waals surface area contributed by atoms with Gasteiger partial charge in [-0.3, -0.25) is 0 Å². The van der Waals surface area contributed by atoms with Crippen LogP contribution in [0.5, 0.6) is 0 Å². The molecule has 0 radical (unpaired) electrons. The maximum atomic E-state index is 12.2. The zero-order valence-corrected chi connectivity index (χ0v) is 10.6. The van der Waals surface area contributed by atoms with E-state index in [0.29, 0.717) is 26.3 Å². The molecule has 2 fully saturated rings. The first-order valence-electron chi connectivity index (χ1n) is 6.54. The molecule has 2 heterocycles. The third-order valence-corrected chi connectivity index (χ3v) is 3.33. The lowest BCUT2D eigenvalue weighted by molar-refractivity contribution is 0.00229. The van der Waals surface area contributed by atoms with Crippen LogP contribution in [-0.4, -0.2) is 67.9 Å². The Kier molecular flexibility index (Phi) is 4.62. The summed E-state index contributed by atoms with van der Waals surface area (Å²) in [6.45, 7) is 7.09. The number of hydrogen-bond donors (Lipinski definition) is 0. The average Bonchev–Trinajstić information content (AvgIpc) is 2.40. The minimum atomic E-state index is 0.151. The SMILES string of the molecule is CCOC1CCCN(C(=O)N2CCOCC2)C1. The molecule has 5 heteroatoms. The molecule has 0 aromatic rings. The largest absolute Gasteiger partial charge is 0.378 e. The quantitative estimate of drug-likeness (QED) is 0.723. The second kappa shape index (κ2) is 6.21. The number of likely N-dealkylation sites (tertiary alicyclic amines) is 1. The molecule has 2 aliphatic heterocycles. The minimum absolute atomic E-state index is 0.151. The summed E-state index contributed by atoms with van der Waals surface area (Å²) >= 11 is 0. The van der Waals surface area contributed by atoms with E-state index < -0.39 is 0 Å². The van der Waals surface area contributed by atoms with E-state index in [1.807, 2.05) is 16.7 Å². The Morgan fingerprint density at radius 3 is 2.76 bits per heavy atom. The molecule has 1 atom stereocenters. The van der Waals surface area contributed by atoms with Gasteiger partial charge >= 0.3 is 6.03 Å². The predicted molar refractivity (Wildman–Crippen MR) is 64.0 cm³/mol. The number of urea groups is 1. The Morgan fingerprint density at radius 1 is 1.29 bits per heavy atom. The number of morpholine rings is 1. The third-order valence-electron chi connectivity index (χ3n) is 3.33. The Hall–Kier alpha value is -0.810. The van der Waals surface area contributed by atoms with Crippen molar-refractivity contribution in [2.45, 2.75) is 25.9 Å². The van der Waals surface area contributed by atoms with Gasteiger partial charge in [-0.1, -0.05) is 0 Å². The van der Waals surface area contributed by atoms with Crippen molar-refractivity contribution in [3.8, 4) is 0 Å². The van der Waals surface area contributed by atoms with Gasteiger partial charge in [0.25, 0.3) is 0 Å². The predicted octanol–water partition coefficient (Wildman–Crippen LogP) is 0.940. The molecule has 0 aromatic carbocycles. The minimum Gasteiger partial charge on any atom is -0.378 e. The molecule has 2 aliphatic rings.